The number of aryl methyl sites for hydroxylation is 1. The highest BCUT2D eigenvalue weighted by Gasteiger charge is 2.13. The van der Waals surface area contributed by atoms with Crippen molar-refractivity contribution in [1.29, 1.82) is 0 Å². The molecule has 6 heteroatoms. The van der Waals surface area contributed by atoms with Gasteiger partial charge in [0.1, 0.15) is 0 Å². The number of aromatic nitrogens is 1. The van der Waals surface area contributed by atoms with Gasteiger partial charge in [-0.25, -0.2) is 9.78 Å². The van der Waals surface area contributed by atoms with E-state index < -0.39 is 5.97 Å². The highest BCUT2D eigenvalue weighted by Crippen LogP contribution is 2.23. The van der Waals surface area contributed by atoms with Crippen molar-refractivity contribution in [2.75, 3.05) is 24.2 Å². The van der Waals surface area contributed by atoms with Crippen LogP contribution < -0.4 is 11.1 Å². The smallest absolute Gasteiger partial charge is 0.340 e. The van der Waals surface area contributed by atoms with Gasteiger partial charge in [0.15, 0.2) is 0 Å². The highest BCUT2D eigenvalue weighted by atomic mass is 32.1. The second kappa shape index (κ2) is 7.08. The van der Waals surface area contributed by atoms with Gasteiger partial charge in [0, 0.05) is 24.0 Å². The van der Waals surface area contributed by atoms with Crippen molar-refractivity contribution < 1.29 is 9.53 Å². The average molecular weight is 305 g/mol. The molecule has 3 N–H and O–H groups in total. The Hall–Kier alpha value is -2.08. The van der Waals surface area contributed by atoms with Crippen molar-refractivity contribution in [2.45, 2.75) is 20.3 Å². The molecule has 0 amide bonds. The van der Waals surface area contributed by atoms with Crippen LogP contribution in [0, 0.1) is 6.92 Å². The molecule has 0 spiro atoms. The monoisotopic (exact) mass is 305 g/mol. The number of carbonyl (C=O) groups excluding carboxylic acids is 1. The number of rotatable bonds is 6. The first-order valence-electron chi connectivity index (χ1n) is 6.82. The molecule has 5 nitrogen and oxygen atoms in total. The summed E-state index contributed by atoms with van der Waals surface area (Å²) in [6, 6.07) is 5.31. The van der Waals surface area contributed by atoms with Crippen LogP contribution in [-0.4, -0.2) is 24.1 Å². The largest absolute Gasteiger partial charge is 0.462 e. The zero-order valence-corrected chi connectivity index (χ0v) is 13.0. The topological polar surface area (TPSA) is 77.2 Å². The first-order chi connectivity index (χ1) is 10.1. The van der Waals surface area contributed by atoms with E-state index in [0.717, 1.165) is 22.8 Å². The van der Waals surface area contributed by atoms with Gasteiger partial charge in [0.05, 0.1) is 28.6 Å². The van der Waals surface area contributed by atoms with Crippen molar-refractivity contribution in [3.63, 3.8) is 0 Å². The number of nitrogens with two attached hydrogens (primary N) is 1. The Balaban J connectivity index is 2.00. The van der Waals surface area contributed by atoms with E-state index >= 15 is 0 Å². The molecule has 0 aliphatic carbocycles. The summed E-state index contributed by atoms with van der Waals surface area (Å²) in [5.74, 6) is -0.394. The maximum absolute atomic E-state index is 11.8. The third-order valence-electron chi connectivity index (χ3n) is 2.92. The second-order valence-corrected chi connectivity index (χ2v) is 5.49. The van der Waals surface area contributed by atoms with Crippen LogP contribution in [-0.2, 0) is 11.2 Å². The van der Waals surface area contributed by atoms with Gasteiger partial charge in [-0.2, -0.15) is 0 Å². The van der Waals surface area contributed by atoms with Crippen molar-refractivity contribution in [3.8, 4) is 0 Å². The van der Waals surface area contributed by atoms with E-state index in [1.807, 2.05) is 18.4 Å². The van der Waals surface area contributed by atoms with E-state index in [9.17, 15) is 4.79 Å². The fourth-order valence-electron chi connectivity index (χ4n) is 1.93. The molecule has 0 fully saturated rings. The van der Waals surface area contributed by atoms with E-state index in [4.69, 9.17) is 10.5 Å². The van der Waals surface area contributed by atoms with Gasteiger partial charge in [0.2, 0.25) is 0 Å². The number of ether oxygens (including phenoxy) is 1. The van der Waals surface area contributed by atoms with Crippen LogP contribution in [0.15, 0.2) is 23.6 Å². The standard InChI is InChI=1S/C15H19N3O2S/c1-3-20-15(19)11-5-4-6-12(14(11)16)17-8-7-13-18-10(2)9-21-13/h4-6,9,17H,3,7-8,16H2,1-2H3. The number of nitrogen functional groups attached to an aromatic ring is 1. The molecule has 21 heavy (non-hydrogen) atoms. The second-order valence-electron chi connectivity index (χ2n) is 4.55. The van der Waals surface area contributed by atoms with Gasteiger partial charge in [-0.1, -0.05) is 6.07 Å². The summed E-state index contributed by atoms with van der Waals surface area (Å²) in [5.41, 5.74) is 8.62. The lowest BCUT2D eigenvalue weighted by Gasteiger charge is -2.11. The quantitative estimate of drug-likeness (QED) is 0.634. The van der Waals surface area contributed by atoms with E-state index in [-0.39, 0.29) is 0 Å². The van der Waals surface area contributed by atoms with Crippen LogP contribution in [0.2, 0.25) is 0 Å². The lowest BCUT2D eigenvalue weighted by atomic mass is 10.1. The van der Waals surface area contributed by atoms with E-state index in [1.165, 1.54) is 0 Å². The minimum absolute atomic E-state index is 0.333. The maximum atomic E-state index is 11.8. The van der Waals surface area contributed by atoms with E-state index in [2.05, 4.69) is 10.3 Å². The molecule has 1 heterocycles. The van der Waals surface area contributed by atoms with Gasteiger partial charge < -0.3 is 15.8 Å². The third-order valence-corrected chi connectivity index (χ3v) is 3.95. The summed E-state index contributed by atoms with van der Waals surface area (Å²) < 4.78 is 4.99. The Morgan fingerprint density at radius 2 is 2.29 bits per heavy atom. The van der Waals surface area contributed by atoms with Gasteiger partial charge in [0.25, 0.3) is 0 Å². The van der Waals surface area contributed by atoms with Crippen molar-refractivity contribution >= 4 is 28.7 Å². The molecule has 0 saturated carbocycles. The molecule has 0 aliphatic heterocycles. The van der Waals surface area contributed by atoms with Crippen LogP contribution >= 0.6 is 11.3 Å². The summed E-state index contributed by atoms with van der Waals surface area (Å²) in [5, 5.41) is 6.36. The van der Waals surface area contributed by atoms with Crippen molar-refractivity contribution in [2.24, 2.45) is 0 Å². The number of nitrogens with one attached hydrogen (secondary N) is 1. The zero-order chi connectivity index (χ0) is 15.2. The first-order valence-corrected chi connectivity index (χ1v) is 7.70. The maximum Gasteiger partial charge on any atom is 0.340 e. The van der Waals surface area contributed by atoms with E-state index in [1.54, 1.807) is 30.4 Å². The normalized spacial score (nSPS) is 10.4. The fraction of sp³-hybridized carbons (Fsp3) is 0.333. The molecule has 0 radical (unpaired) electrons. The zero-order valence-electron chi connectivity index (χ0n) is 12.2. The first kappa shape index (κ1) is 15.3. The number of para-hydroxylation sites is 1. The molecule has 2 rings (SSSR count). The molecular weight excluding hydrogens is 286 g/mol. The van der Waals surface area contributed by atoms with Gasteiger partial charge in [-0.3, -0.25) is 0 Å². The third kappa shape index (κ3) is 3.95. The summed E-state index contributed by atoms with van der Waals surface area (Å²) in [7, 11) is 0. The number of hydrogen-bond donors (Lipinski definition) is 2. The lowest BCUT2D eigenvalue weighted by molar-refractivity contribution is 0.0527. The Kier molecular flexibility index (Phi) is 5.16. The minimum Gasteiger partial charge on any atom is -0.462 e. The number of thiazole rings is 1. The Bertz CT molecular complexity index is 625. The van der Waals surface area contributed by atoms with Crippen LogP contribution in [0.4, 0.5) is 11.4 Å². The van der Waals surface area contributed by atoms with Crippen LogP contribution in [0.3, 0.4) is 0 Å². The molecule has 112 valence electrons. The molecule has 0 saturated heterocycles. The Labute approximate surface area is 128 Å². The molecular formula is C15H19N3O2S. The fourth-order valence-corrected chi connectivity index (χ4v) is 2.70. The van der Waals surface area contributed by atoms with Gasteiger partial charge in [-0.15, -0.1) is 11.3 Å². The van der Waals surface area contributed by atoms with Crippen molar-refractivity contribution in [1.82, 2.24) is 4.98 Å². The molecule has 2 aromatic rings. The molecule has 0 bridgehead atoms. The number of hydrogen-bond acceptors (Lipinski definition) is 6. The number of anilines is 2. The molecule has 1 aromatic heterocycles. The summed E-state index contributed by atoms with van der Waals surface area (Å²) in [6.07, 6.45) is 0.821. The Morgan fingerprint density at radius 3 is 2.95 bits per heavy atom. The predicted octanol–water partition coefficient (Wildman–Crippen LogP) is 2.87. The molecule has 0 aliphatic rings. The molecule has 0 unspecified atom stereocenters. The highest BCUT2D eigenvalue weighted by molar-refractivity contribution is 7.09. The minimum atomic E-state index is -0.394. The average Bonchev–Trinajstić information content (AvgIpc) is 2.86. The molecule has 0 atom stereocenters. The lowest BCUT2D eigenvalue weighted by Crippen LogP contribution is -2.12. The summed E-state index contributed by atoms with van der Waals surface area (Å²) in [6.45, 7) is 4.79. The SMILES string of the molecule is CCOC(=O)c1cccc(NCCc2nc(C)cs2)c1N. The summed E-state index contributed by atoms with van der Waals surface area (Å²) in [4.78, 5) is 16.2. The number of nitrogens with zero attached hydrogens (tertiary/aromatic N) is 1. The van der Waals surface area contributed by atoms with Crippen molar-refractivity contribution in [3.05, 3.63) is 39.8 Å². The van der Waals surface area contributed by atoms with Gasteiger partial charge in [-0.05, 0) is 26.0 Å². The van der Waals surface area contributed by atoms with E-state index in [0.29, 0.717) is 24.4 Å². The Morgan fingerprint density at radius 1 is 1.48 bits per heavy atom. The van der Waals surface area contributed by atoms with Crippen LogP contribution in [0.5, 0.6) is 0 Å². The number of benzene rings is 1. The molecule has 1 aromatic carbocycles. The number of carbonyl (C=O) groups is 1. The van der Waals surface area contributed by atoms with Crippen LogP contribution in [0.1, 0.15) is 28.0 Å². The van der Waals surface area contributed by atoms with Crippen LogP contribution in [0.25, 0.3) is 0 Å². The van der Waals surface area contributed by atoms with Gasteiger partial charge >= 0.3 is 5.97 Å². The number of esters is 1. The predicted molar refractivity (Wildman–Crippen MR) is 85.9 cm³/mol. The summed E-state index contributed by atoms with van der Waals surface area (Å²) >= 11 is 1.65.